The zero-order valence-corrected chi connectivity index (χ0v) is 11.0. The second-order valence-electron chi connectivity index (χ2n) is 4.50. The van der Waals surface area contributed by atoms with Gasteiger partial charge in [-0.1, -0.05) is 0 Å². The molecule has 1 aromatic carbocycles. The molecular weight excluding hydrogens is 230 g/mol. The maximum Gasteiger partial charge on any atom is 0.306 e. The lowest BCUT2D eigenvalue weighted by atomic mass is 9.92. The highest BCUT2D eigenvalue weighted by Gasteiger charge is 2.31. The minimum Gasteiger partial charge on any atom is -0.497 e. The van der Waals surface area contributed by atoms with Crippen LogP contribution in [0.2, 0.25) is 0 Å². The molecule has 2 atom stereocenters. The Hall–Kier alpha value is -1.71. The highest BCUT2D eigenvalue weighted by Crippen LogP contribution is 2.40. The smallest absolute Gasteiger partial charge is 0.306 e. The summed E-state index contributed by atoms with van der Waals surface area (Å²) in [5.74, 6) is 0.819. The molecule has 1 heterocycles. The first kappa shape index (κ1) is 12.7. The van der Waals surface area contributed by atoms with Gasteiger partial charge in [0, 0.05) is 17.6 Å². The number of rotatable bonds is 4. The summed E-state index contributed by atoms with van der Waals surface area (Å²) in [7, 11) is 1.65. The molecular formula is C14H19NO3. The van der Waals surface area contributed by atoms with Crippen LogP contribution in [-0.2, 0) is 9.53 Å². The Kier molecular flexibility index (Phi) is 3.75. The molecule has 18 heavy (non-hydrogen) atoms. The number of methoxy groups -OCH3 is 1. The van der Waals surface area contributed by atoms with E-state index < -0.39 is 0 Å². The summed E-state index contributed by atoms with van der Waals surface area (Å²) < 4.78 is 10.3. The molecule has 1 N–H and O–H groups in total. The molecule has 0 unspecified atom stereocenters. The predicted octanol–water partition coefficient (Wildman–Crippen LogP) is 2.55. The van der Waals surface area contributed by atoms with Gasteiger partial charge < -0.3 is 14.8 Å². The van der Waals surface area contributed by atoms with E-state index in [-0.39, 0.29) is 17.9 Å². The fraction of sp³-hybridized carbons (Fsp3) is 0.500. The van der Waals surface area contributed by atoms with E-state index in [1.807, 2.05) is 25.1 Å². The molecule has 4 nitrogen and oxygen atoms in total. The minimum absolute atomic E-state index is 0.146. The molecule has 98 valence electrons. The van der Waals surface area contributed by atoms with Gasteiger partial charge >= 0.3 is 5.97 Å². The molecule has 0 saturated carbocycles. The fourth-order valence-electron chi connectivity index (χ4n) is 2.41. The van der Waals surface area contributed by atoms with Crippen molar-refractivity contribution in [1.82, 2.24) is 0 Å². The standard InChI is InChI=1S/C14H19NO3/c1-4-18-14(16)8-11-9(2)15-13-6-5-10(17-3)7-12(11)13/h5-7,9,11,15H,4,8H2,1-3H3/t9-,11+/m0/s1. The molecule has 4 heteroatoms. The van der Waals surface area contributed by atoms with Crippen molar-refractivity contribution < 1.29 is 14.3 Å². The van der Waals surface area contributed by atoms with Gasteiger partial charge in [-0.05, 0) is 37.6 Å². The largest absolute Gasteiger partial charge is 0.497 e. The zero-order valence-electron chi connectivity index (χ0n) is 11.0. The second kappa shape index (κ2) is 5.29. The van der Waals surface area contributed by atoms with Crippen LogP contribution in [-0.4, -0.2) is 25.7 Å². The molecule has 0 aliphatic carbocycles. The van der Waals surface area contributed by atoms with E-state index in [4.69, 9.17) is 9.47 Å². The van der Waals surface area contributed by atoms with Gasteiger partial charge in [0.1, 0.15) is 5.75 Å². The third-order valence-corrected chi connectivity index (χ3v) is 3.34. The van der Waals surface area contributed by atoms with E-state index in [2.05, 4.69) is 12.2 Å². The highest BCUT2D eigenvalue weighted by molar-refractivity contribution is 5.73. The number of nitrogens with one attached hydrogen (secondary N) is 1. The van der Waals surface area contributed by atoms with Crippen LogP contribution >= 0.6 is 0 Å². The van der Waals surface area contributed by atoms with E-state index in [0.29, 0.717) is 13.0 Å². The number of fused-ring (bicyclic) bond motifs is 1. The van der Waals surface area contributed by atoms with Crippen LogP contribution in [0.3, 0.4) is 0 Å². The van der Waals surface area contributed by atoms with Crippen LogP contribution in [0.15, 0.2) is 18.2 Å². The number of carbonyl (C=O) groups excluding carboxylic acids is 1. The highest BCUT2D eigenvalue weighted by atomic mass is 16.5. The lowest BCUT2D eigenvalue weighted by Gasteiger charge is -2.15. The van der Waals surface area contributed by atoms with Gasteiger partial charge in [-0.3, -0.25) is 4.79 Å². The minimum atomic E-state index is -0.146. The van der Waals surface area contributed by atoms with E-state index in [0.717, 1.165) is 17.0 Å². The summed E-state index contributed by atoms with van der Waals surface area (Å²) in [4.78, 5) is 11.6. The van der Waals surface area contributed by atoms with Crippen molar-refractivity contribution >= 4 is 11.7 Å². The Morgan fingerprint density at radius 2 is 2.22 bits per heavy atom. The van der Waals surface area contributed by atoms with Gasteiger partial charge in [0.15, 0.2) is 0 Å². The van der Waals surface area contributed by atoms with E-state index in [1.165, 1.54) is 0 Å². The fourth-order valence-corrected chi connectivity index (χ4v) is 2.41. The monoisotopic (exact) mass is 249 g/mol. The number of hydrogen-bond acceptors (Lipinski definition) is 4. The third-order valence-electron chi connectivity index (χ3n) is 3.34. The van der Waals surface area contributed by atoms with Crippen LogP contribution in [0, 0.1) is 0 Å². The first-order chi connectivity index (χ1) is 8.65. The summed E-state index contributed by atoms with van der Waals surface area (Å²) in [5, 5.41) is 3.38. The predicted molar refractivity (Wildman–Crippen MR) is 70.1 cm³/mol. The van der Waals surface area contributed by atoms with Crippen LogP contribution in [0.5, 0.6) is 5.75 Å². The average molecular weight is 249 g/mol. The number of anilines is 1. The Morgan fingerprint density at radius 3 is 2.89 bits per heavy atom. The first-order valence-corrected chi connectivity index (χ1v) is 6.25. The Morgan fingerprint density at radius 1 is 1.44 bits per heavy atom. The van der Waals surface area contributed by atoms with Gasteiger partial charge in [-0.15, -0.1) is 0 Å². The van der Waals surface area contributed by atoms with Gasteiger partial charge in [0.25, 0.3) is 0 Å². The summed E-state index contributed by atoms with van der Waals surface area (Å²) >= 11 is 0. The lowest BCUT2D eigenvalue weighted by molar-refractivity contribution is -0.143. The quantitative estimate of drug-likeness (QED) is 0.833. The van der Waals surface area contributed by atoms with Crippen molar-refractivity contribution in [2.24, 2.45) is 0 Å². The maximum atomic E-state index is 11.6. The maximum absolute atomic E-state index is 11.6. The summed E-state index contributed by atoms with van der Waals surface area (Å²) in [6, 6.07) is 6.15. The van der Waals surface area contributed by atoms with Gasteiger partial charge in [0.05, 0.1) is 20.1 Å². The molecule has 0 fully saturated rings. The molecule has 0 amide bonds. The number of hydrogen-bond donors (Lipinski definition) is 1. The third kappa shape index (κ3) is 2.42. The summed E-state index contributed by atoms with van der Waals surface area (Å²) in [6.45, 7) is 4.33. The number of carbonyl (C=O) groups is 1. The molecule has 1 aliphatic heterocycles. The van der Waals surface area contributed by atoms with Gasteiger partial charge in [-0.25, -0.2) is 0 Å². The summed E-state index contributed by atoms with van der Waals surface area (Å²) in [6.07, 6.45) is 0.405. The number of ether oxygens (including phenoxy) is 2. The summed E-state index contributed by atoms with van der Waals surface area (Å²) in [5.41, 5.74) is 2.22. The van der Waals surface area contributed by atoms with Crippen molar-refractivity contribution in [3.63, 3.8) is 0 Å². The van der Waals surface area contributed by atoms with E-state index in [1.54, 1.807) is 7.11 Å². The molecule has 0 bridgehead atoms. The molecule has 0 radical (unpaired) electrons. The van der Waals surface area contributed by atoms with Crippen LogP contribution in [0.4, 0.5) is 5.69 Å². The van der Waals surface area contributed by atoms with Crippen molar-refractivity contribution in [3.05, 3.63) is 23.8 Å². The van der Waals surface area contributed by atoms with Crippen molar-refractivity contribution in [1.29, 1.82) is 0 Å². The van der Waals surface area contributed by atoms with Crippen molar-refractivity contribution in [2.45, 2.75) is 32.2 Å². The zero-order chi connectivity index (χ0) is 13.1. The topological polar surface area (TPSA) is 47.6 Å². The second-order valence-corrected chi connectivity index (χ2v) is 4.50. The lowest BCUT2D eigenvalue weighted by Crippen LogP contribution is -2.20. The Bertz CT molecular complexity index is 445. The molecule has 1 aromatic rings. The first-order valence-electron chi connectivity index (χ1n) is 6.25. The average Bonchev–Trinajstić information content (AvgIpc) is 2.65. The number of esters is 1. The van der Waals surface area contributed by atoms with Crippen LogP contribution in [0.1, 0.15) is 31.7 Å². The van der Waals surface area contributed by atoms with Gasteiger partial charge in [0.2, 0.25) is 0 Å². The van der Waals surface area contributed by atoms with E-state index in [9.17, 15) is 4.79 Å². The molecule has 1 aliphatic rings. The van der Waals surface area contributed by atoms with Crippen LogP contribution < -0.4 is 10.1 Å². The molecule has 0 saturated heterocycles. The van der Waals surface area contributed by atoms with E-state index >= 15 is 0 Å². The SMILES string of the molecule is CCOC(=O)C[C@H]1c2cc(OC)ccc2N[C@H]1C. The molecule has 0 spiro atoms. The normalized spacial score (nSPS) is 21.1. The molecule has 2 rings (SSSR count). The number of benzene rings is 1. The Balaban J connectivity index is 2.20. The molecule has 0 aromatic heterocycles. The van der Waals surface area contributed by atoms with Crippen LogP contribution in [0.25, 0.3) is 0 Å². The van der Waals surface area contributed by atoms with Crippen molar-refractivity contribution in [2.75, 3.05) is 19.0 Å². The van der Waals surface area contributed by atoms with Crippen molar-refractivity contribution in [3.8, 4) is 5.75 Å². The Labute approximate surface area is 107 Å². The van der Waals surface area contributed by atoms with Gasteiger partial charge in [-0.2, -0.15) is 0 Å².